The van der Waals surface area contributed by atoms with Crippen molar-refractivity contribution in [3.8, 4) is 34.5 Å². The van der Waals surface area contributed by atoms with Gasteiger partial charge in [-0.25, -0.2) is 0 Å². The molecule has 0 unspecified atom stereocenters. The van der Waals surface area contributed by atoms with E-state index in [1.54, 1.807) is 42.7 Å². The highest BCUT2D eigenvalue weighted by molar-refractivity contribution is 6.32. The third kappa shape index (κ3) is 6.24. The molecule has 0 amide bonds. The van der Waals surface area contributed by atoms with Crippen molar-refractivity contribution in [3.05, 3.63) is 158 Å². The van der Waals surface area contributed by atoms with Crippen molar-refractivity contribution in [2.45, 2.75) is 0 Å². The van der Waals surface area contributed by atoms with Gasteiger partial charge in [-0.3, -0.25) is 0 Å². The number of hydrogen-bond donors (Lipinski definition) is 0. The van der Waals surface area contributed by atoms with Crippen LogP contribution in [-0.2, 0) is 0 Å². The number of fused-ring (bicyclic) bond motifs is 11. The highest BCUT2D eigenvalue weighted by atomic mass is 16.5. The first kappa shape index (κ1) is 40.3. The van der Waals surface area contributed by atoms with Crippen molar-refractivity contribution in [2.75, 3.05) is 52.5 Å². The second-order valence-corrected chi connectivity index (χ2v) is 15.8. The molecule has 0 aliphatic heterocycles. The van der Waals surface area contributed by atoms with E-state index in [1.807, 2.05) is 60.7 Å². The highest BCUT2D eigenvalue weighted by Gasteiger charge is 2.27. The lowest BCUT2D eigenvalue weighted by Gasteiger charge is -2.28. The van der Waals surface area contributed by atoms with E-state index in [-0.39, 0.29) is 0 Å². The number of anilines is 6. The molecule has 326 valence electrons. The SMILES string of the molecule is COc1cc(N(c2ccccc2)c2cc3oc4c(ccc5oc6cc(N(c7ccccc7)c7cc(OC)c(OC)c(OC)c7)c7ccccc7c6c54)c3c3ccccc23)cc(OC)c1OC. The molecule has 0 saturated carbocycles. The maximum atomic E-state index is 7.16. The standard InChI is InChI=1S/C56H44N2O8/c1-59-47-27-35(28-48(60-2)55(47)63-5)57(33-17-9-7-10-18-33)42-31-45-51(39-23-15-13-21-37(39)42)41-25-26-44-53(54(41)66-45)52-40-24-16-14-22-38(40)43(32-46(52)65-44)58(34-19-11-8-12-20-34)36-29-49(61-3)56(64-6)50(30-36)62-4/h7-32H,1-6H3. The Labute approximate surface area is 380 Å². The first-order valence-corrected chi connectivity index (χ1v) is 21.4. The minimum atomic E-state index is 0.512. The van der Waals surface area contributed by atoms with Crippen LogP contribution in [-0.4, -0.2) is 42.7 Å². The van der Waals surface area contributed by atoms with Gasteiger partial charge in [0.1, 0.15) is 22.3 Å². The first-order chi connectivity index (χ1) is 32.5. The van der Waals surface area contributed by atoms with E-state index in [4.69, 9.17) is 37.3 Å². The molecule has 66 heavy (non-hydrogen) atoms. The zero-order valence-electron chi connectivity index (χ0n) is 37.2. The summed E-state index contributed by atoms with van der Waals surface area (Å²) >= 11 is 0. The second-order valence-electron chi connectivity index (χ2n) is 15.8. The smallest absolute Gasteiger partial charge is 0.203 e. The average molecular weight is 873 g/mol. The molecule has 0 atom stereocenters. The normalized spacial score (nSPS) is 11.5. The second kappa shape index (κ2) is 16.2. The van der Waals surface area contributed by atoms with Gasteiger partial charge >= 0.3 is 0 Å². The molecular formula is C56H44N2O8. The number of benzene rings is 9. The fraction of sp³-hybridized carbons (Fsp3) is 0.107. The van der Waals surface area contributed by atoms with Crippen LogP contribution in [0.2, 0.25) is 0 Å². The molecule has 10 nitrogen and oxygen atoms in total. The maximum Gasteiger partial charge on any atom is 0.203 e. The van der Waals surface area contributed by atoms with Crippen LogP contribution in [0.4, 0.5) is 34.1 Å². The van der Waals surface area contributed by atoms with E-state index in [0.717, 1.165) is 88.4 Å². The molecular weight excluding hydrogens is 829 g/mol. The highest BCUT2D eigenvalue weighted by Crippen LogP contribution is 2.52. The summed E-state index contributed by atoms with van der Waals surface area (Å²) in [6.07, 6.45) is 0. The van der Waals surface area contributed by atoms with Crippen LogP contribution in [0, 0.1) is 0 Å². The van der Waals surface area contributed by atoms with Gasteiger partial charge in [-0.15, -0.1) is 0 Å². The van der Waals surface area contributed by atoms with E-state index < -0.39 is 0 Å². The van der Waals surface area contributed by atoms with Crippen LogP contribution in [0.5, 0.6) is 34.5 Å². The Hall–Kier alpha value is -8.50. The molecule has 0 aliphatic carbocycles. The van der Waals surface area contributed by atoms with Crippen molar-refractivity contribution in [1.29, 1.82) is 0 Å². The van der Waals surface area contributed by atoms with Crippen molar-refractivity contribution >= 4 is 99.5 Å². The van der Waals surface area contributed by atoms with Gasteiger partial charge in [0.15, 0.2) is 23.0 Å². The Morgan fingerprint density at radius 2 is 0.727 bits per heavy atom. The largest absolute Gasteiger partial charge is 0.493 e. The Bertz CT molecular complexity index is 3590. The molecule has 0 N–H and O–H groups in total. The van der Waals surface area contributed by atoms with Crippen LogP contribution >= 0.6 is 0 Å². The number of furan rings is 2. The number of nitrogens with zero attached hydrogens (tertiary/aromatic N) is 2. The molecule has 0 aliphatic rings. The number of ether oxygens (including phenoxy) is 6. The van der Waals surface area contributed by atoms with Gasteiger partial charge in [-0.2, -0.15) is 0 Å². The lowest BCUT2D eigenvalue weighted by atomic mass is 9.98. The quantitative estimate of drug-likeness (QED) is 0.118. The molecule has 0 spiro atoms. The van der Waals surface area contributed by atoms with Crippen LogP contribution in [0.1, 0.15) is 0 Å². The summed E-state index contributed by atoms with van der Waals surface area (Å²) in [7, 11) is 9.72. The molecule has 9 aromatic carbocycles. The van der Waals surface area contributed by atoms with E-state index in [2.05, 4.69) is 107 Å². The van der Waals surface area contributed by atoms with Crippen LogP contribution in [0.25, 0.3) is 65.4 Å². The summed E-state index contributed by atoms with van der Waals surface area (Å²) < 4.78 is 48.9. The summed E-state index contributed by atoms with van der Waals surface area (Å²) in [5, 5.41) is 7.94. The average Bonchev–Trinajstić information content (AvgIpc) is 3.95. The maximum absolute atomic E-state index is 7.16. The zero-order chi connectivity index (χ0) is 45.1. The predicted octanol–water partition coefficient (Wildman–Crippen LogP) is 14.8. The Kier molecular flexibility index (Phi) is 9.92. The summed E-state index contributed by atoms with van der Waals surface area (Å²) in [6.45, 7) is 0. The summed E-state index contributed by atoms with van der Waals surface area (Å²) in [5.74, 6) is 3.20. The third-order valence-corrected chi connectivity index (χ3v) is 12.4. The lowest BCUT2D eigenvalue weighted by molar-refractivity contribution is 0.324. The molecule has 0 saturated heterocycles. The fourth-order valence-corrected chi connectivity index (χ4v) is 9.55. The Morgan fingerprint density at radius 3 is 1.17 bits per heavy atom. The van der Waals surface area contributed by atoms with Gasteiger partial charge in [0.2, 0.25) is 11.5 Å². The topological polar surface area (TPSA) is 88.1 Å². The third-order valence-electron chi connectivity index (χ3n) is 12.4. The zero-order valence-corrected chi connectivity index (χ0v) is 37.2. The number of methoxy groups -OCH3 is 6. The minimum absolute atomic E-state index is 0.512. The van der Waals surface area contributed by atoms with E-state index in [9.17, 15) is 0 Å². The number of para-hydroxylation sites is 2. The molecule has 10 heteroatoms. The summed E-state index contributed by atoms with van der Waals surface area (Å²) in [4.78, 5) is 4.39. The molecule has 11 aromatic rings. The molecule has 0 fully saturated rings. The number of hydrogen-bond acceptors (Lipinski definition) is 10. The lowest BCUT2D eigenvalue weighted by Crippen LogP contribution is -2.11. The monoisotopic (exact) mass is 872 g/mol. The first-order valence-electron chi connectivity index (χ1n) is 21.4. The number of rotatable bonds is 12. The summed E-state index contributed by atoms with van der Waals surface area (Å²) in [5.41, 5.74) is 8.22. The van der Waals surface area contributed by atoms with Gasteiger partial charge in [0.25, 0.3) is 0 Å². The van der Waals surface area contributed by atoms with Crippen LogP contribution in [0.15, 0.2) is 167 Å². The molecule has 11 rings (SSSR count). The van der Waals surface area contributed by atoms with E-state index >= 15 is 0 Å². The fourth-order valence-electron chi connectivity index (χ4n) is 9.55. The van der Waals surface area contributed by atoms with Gasteiger partial charge in [0, 0.05) is 74.7 Å². The van der Waals surface area contributed by atoms with Crippen molar-refractivity contribution < 1.29 is 37.3 Å². The van der Waals surface area contributed by atoms with Crippen LogP contribution < -0.4 is 38.2 Å². The Balaban J connectivity index is 1.18. The van der Waals surface area contributed by atoms with Crippen molar-refractivity contribution in [2.24, 2.45) is 0 Å². The van der Waals surface area contributed by atoms with Crippen molar-refractivity contribution in [3.63, 3.8) is 0 Å². The molecule has 0 bridgehead atoms. The molecule has 0 radical (unpaired) electrons. The molecule has 2 heterocycles. The van der Waals surface area contributed by atoms with Crippen LogP contribution in [0.3, 0.4) is 0 Å². The van der Waals surface area contributed by atoms with Gasteiger partial charge in [-0.1, -0.05) is 84.9 Å². The predicted molar refractivity (Wildman–Crippen MR) is 265 cm³/mol. The summed E-state index contributed by atoms with van der Waals surface area (Å²) in [6, 6.07) is 53.6. The van der Waals surface area contributed by atoms with Gasteiger partial charge in [-0.05, 0) is 47.2 Å². The van der Waals surface area contributed by atoms with E-state index in [0.29, 0.717) is 45.7 Å². The Morgan fingerprint density at radius 1 is 0.318 bits per heavy atom. The van der Waals surface area contributed by atoms with Gasteiger partial charge in [0.05, 0.1) is 70.8 Å². The van der Waals surface area contributed by atoms with E-state index in [1.165, 1.54) is 0 Å². The minimum Gasteiger partial charge on any atom is -0.493 e. The van der Waals surface area contributed by atoms with Crippen molar-refractivity contribution in [1.82, 2.24) is 0 Å². The molecule has 2 aromatic heterocycles. The van der Waals surface area contributed by atoms with Gasteiger partial charge < -0.3 is 47.1 Å².